The molecule has 1 aromatic carbocycles. The third-order valence-electron chi connectivity index (χ3n) is 3.13. The van der Waals surface area contributed by atoms with E-state index < -0.39 is 0 Å². The number of nitrogens with zero attached hydrogens (tertiary/aromatic N) is 2. The molecule has 3 N–H and O–H groups in total. The molecule has 7 nitrogen and oxygen atoms in total. The van der Waals surface area contributed by atoms with Crippen LogP contribution in [0.1, 0.15) is 15.9 Å². The van der Waals surface area contributed by atoms with Gasteiger partial charge in [0.15, 0.2) is 13.3 Å². The summed E-state index contributed by atoms with van der Waals surface area (Å²) >= 11 is 0. The number of hydrogen-bond donors (Lipinski definition) is 3. The first-order valence-electron chi connectivity index (χ1n) is 6.89. The second kappa shape index (κ2) is 7.16. The maximum absolute atomic E-state index is 11.9. The Morgan fingerprint density at radius 2 is 2.14 bits per heavy atom. The Hall–Kier alpha value is -1.96. The molecule has 0 aromatic heterocycles. The molecule has 0 aliphatic carbocycles. The molecule has 114 valence electrons. The number of rotatable bonds is 5. The molecule has 1 amide bonds. The van der Waals surface area contributed by atoms with Gasteiger partial charge in [0, 0.05) is 24.2 Å². The van der Waals surface area contributed by atoms with Gasteiger partial charge in [-0.25, -0.2) is 4.99 Å². The number of amidine groups is 1. The van der Waals surface area contributed by atoms with Gasteiger partial charge in [0.05, 0.1) is 0 Å². The average Bonchev–Trinajstić information content (AvgIpc) is 2.48. The lowest BCUT2D eigenvalue weighted by Gasteiger charge is -2.26. The van der Waals surface area contributed by atoms with E-state index in [0.29, 0.717) is 24.6 Å². The summed E-state index contributed by atoms with van der Waals surface area (Å²) < 4.78 is 0. The highest BCUT2D eigenvalue weighted by molar-refractivity contribution is 6.00. The molecule has 1 aromatic rings. The summed E-state index contributed by atoms with van der Waals surface area (Å²) in [5.74, 6) is 0.617. The SMILES string of the molecule is CN(C)CCNC(=O)c1ccc(C2=NC[NH+]([O-])CN2)cc1. The fourth-order valence-corrected chi connectivity index (χ4v) is 1.93. The molecule has 1 atom stereocenters. The van der Waals surface area contributed by atoms with Crippen LogP contribution in [-0.4, -0.2) is 57.2 Å². The number of hydroxylamine groups is 2. The van der Waals surface area contributed by atoms with Crippen LogP contribution in [0.25, 0.3) is 0 Å². The third-order valence-corrected chi connectivity index (χ3v) is 3.13. The van der Waals surface area contributed by atoms with Crippen LogP contribution in [0.5, 0.6) is 0 Å². The molecular formula is C14H21N5O2. The van der Waals surface area contributed by atoms with E-state index in [0.717, 1.165) is 12.1 Å². The first kappa shape index (κ1) is 15.4. The Morgan fingerprint density at radius 1 is 1.43 bits per heavy atom. The highest BCUT2D eigenvalue weighted by Crippen LogP contribution is 2.05. The van der Waals surface area contributed by atoms with Gasteiger partial charge >= 0.3 is 0 Å². The van der Waals surface area contributed by atoms with Crippen LogP contribution in [0.15, 0.2) is 29.3 Å². The zero-order chi connectivity index (χ0) is 15.2. The maximum Gasteiger partial charge on any atom is 0.251 e. The first-order chi connectivity index (χ1) is 10.1. The fraction of sp³-hybridized carbons (Fsp3) is 0.429. The second-order valence-electron chi connectivity index (χ2n) is 5.19. The highest BCUT2D eigenvalue weighted by Gasteiger charge is 2.11. The van der Waals surface area contributed by atoms with Gasteiger partial charge in [-0.15, -0.1) is 0 Å². The Kier molecular flexibility index (Phi) is 5.26. The van der Waals surface area contributed by atoms with Gasteiger partial charge in [-0.2, -0.15) is 0 Å². The number of hydrogen-bond acceptors (Lipinski definition) is 5. The van der Waals surface area contributed by atoms with E-state index in [2.05, 4.69) is 15.6 Å². The molecule has 1 heterocycles. The van der Waals surface area contributed by atoms with Crippen LogP contribution >= 0.6 is 0 Å². The molecule has 7 heteroatoms. The zero-order valence-corrected chi connectivity index (χ0v) is 12.3. The van der Waals surface area contributed by atoms with E-state index in [4.69, 9.17) is 0 Å². The molecule has 0 fully saturated rings. The Bertz CT molecular complexity index is 513. The van der Waals surface area contributed by atoms with Crippen molar-refractivity contribution in [1.82, 2.24) is 15.5 Å². The van der Waals surface area contributed by atoms with Crippen molar-refractivity contribution in [2.45, 2.75) is 0 Å². The lowest BCUT2D eigenvalue weighted by molar-refractivity contribution is -0.851. The molecule has 0 saturated carbocycles. The molecule has 0 spiro atoms. The summed E-state index contributed by atoms with van der Waals surface area (Å²) in [6, 6.07) is 7.20. The number of nitrogens with one attached hydrogen (secondary N) is 3. The van der Waals surface area contributed by atoms with Crippen LogP contribution in [0.3, 0.4) is 0 Å². The number of benzene rings is 1. The van der Waals surface area contributed by atoms with Gasteiger partial charge in [-0.1, -0.05) is 12.1 Å². The lowest BCUT2D eigenvalue weighted by Crippen LogP contribution is -3.10. The predicted octanol–water partition coefficient (Wildman–Crippen LogP) is -1.37. The highest BCUT2D eigenvalue weighted by atomic mass is 16.5. The first-order valence-corrected chi connectivity index (χ1v) is 6.89. The molecular weight excluding hydrogens is 270 g/mol. The Morgan fingerprint density at radius 3 is 2.71 bits per heavy atom. The molecule has 0 bridgehead atoms. The summed E-state index contributed by atoms with van der Waals surface area (Å²) in [6.45, 7) is 1.95. The van der Waals surface area contributed by atoms with Crippen molar-refractivity contribution < 1.29 is 9.86 Å². The van der Waals surface area contributed by atoms with Crippen LogP contribution in [0.2, 0.25) is 0 Å². The number of amides is 1. The van der Waals surface area contributed by atoms with Gasteiger partial charge < -0.3 is 25.8 Å². The normalized spacial score (nSPS) is 18.1. The monoisotopic (exact) mass is 291 g/mol. The molecule has 2 rings (SSSR count). The number of carbonyl (C=O) groups is 1. The standard InChI is InChI=1S/C14H21N5O2/c1-18(2)8-7-15-14(20)12-5-3-11(4-6-12)13-16-9-19(21)10-17-13/h3-6,19H,7-10H2,1-2H3,(H,15,20)(H,16,17). The number of quaternary nitrogens is 1. The van der Waals surface area contributed by atoms with Crippen LogP contribution in [0.4, 0.5) is 0 Å². The molecule has 0 radical (unpaired) electrons. The van der Waals surface area contributed by atoms with Gasteiger partial charge in [0.25, 0.3) is 5.91 Å². The van der Waals surface area contributed by atoms with Crippen LogP contribution < -0.4 is 15.7 Å². The molecule has 1 aliphatic rings. The van der Waals surface area contributed by atoms with Crippen molar-refractivity contribution in [2.24, 2.45) is 4.99 Å². The van der Waals surface area contributed by atoms with Gasteiger partial charge in [-0.05, 0) is 26.2 Å². The van der Waals surface area contributed by atoms with Crippen molar-refractivity contribution in [3.05, 3.63) is 40.6 Å². The minimum atomic E-state index is -0.0860. The number of aliphatic imine (C=N–C) groups is 1. The molecule has 1 aliphatic heterocycles. The molecule has 1 unspecified atom stereocenters. The summed E-state index contributed by atoms with van der Waals surface area (Å²) in [6.07, 6.45) is 0. The minimum absolute atomic E-state index is 0.0793. The van der Waals surface area contributed by atoms with Crippen molar-refractivity contribution >= 4 is 11.7 Å². The number of likely N-dealkylation sites (N-methyl/N-ethyl adjacent to an activating group) is 1. The molecule has 21 heavy (non-hydrogen) atoms. The second-order valence-corrected chi connectivity index (χ2v) is 5.19. The average molecular weight is 291 g/mol. The maximum atomic E-state index is 11.9. The minimum Gasteiger partial charge on any atom is -0.632 e. The largest absolute Gasteiger partial charge is 0.632 e. The van der Waals surface area contributed by atoms with Gasteiger partial charge in [0.1, 0.15) is 5.84 Å². The van der Waals surface area contributed by atoms with Gasteiger partial charge in [0.2, 0.25) is 0 Å². The quantitative estimate of drug-likeness (QED) is 0.584. The van der Waals surface area contributed by atoms with Gasteiger partial charge in [-0.3, -0.25) is 4.79 Å². The van der Waals surface area contributed by atoms with E-state index >= 15 is 0 Å². The van der Waals surface area contributed by atoms with Crippen molar-refractivity contribution in [3.63, 3.8) is 0 Å². The zero-order valence-electron chi connectivity index (χ0n) is 12.3. The van der Waals surface area contributed by atoms with E-state index in [-0.39, 0.29) is 17.6 Å². The van der Waals surface area contributed by atoms with Crippen LogP contribution in [-0.2, 0) is 0 Å². The van der Waals surface area contributed by atoms with Crippen molar-refractivity contribution in [2.75, 3.05) is 40.5 Å². The smallest absolute Gasteiger partial charge is 0.251 e. The third kappa shape index (κ3) is 4.52. The topological polar surface area (TPSA) is 84.2 Å². The Balaban J connectivity index is 1.94. The predicted molar refractivity (Wildman–Crippen MR) is 81.1 cm³/mol. The lowest BCUT2D eigenvalue weighted by atomic mass is 10.1. The summed E-state index contributed by atoms with van der Waals surface area (Å²) in [7, 11) is 3.92. The Labute approximate surface area is 124 Å². The molecule has 0 saturated heterocycles. The summed E-state index contributed by atoms with van der Waals surface area (Å²) in [5, 5.41) is 17.0. The van der Waals surface area contributed by atoms with E-state index in [1.54, 1.807) is 12.1 Å². The van der Waals surface area contributed by atoms with E-state index in [1.807, 2.05) is 31.1 Å². The van der Waals surface area contributed by atoms with E-state index in [9.17, 15) is 10.0 Å². The summed E-state index contributed by atoms with van der Waals surface area (Å²) in [5.41, 5.74) is 1.50. The van der Waals surface area contributed by atoms with Crippen LogP contribution in [0, 0.1) is 5.21 Å². The fourth-order valence-electron chi connectivity index (χ4n) is 1.93. The van der Waals surface area contributed by atoms with Crippen molar-refractivity contribution in [3.8, 4) is 0 Å². The van der Waals surface area contributed by atoms with Crippen molar-refractivity contribution in [1.29, 1.82) is 0 Å². The summed E-state index contributed by atoms with van der Waals surface area (Å²) in [4.78, 5) is 18.1. The number of carbonyl (C=O) groups excluding carboxylic acids is 1. The van der Waals surface area contributed by atoms with E-state index in [1.165, 1.54) is 0 Å².